The lowest BCUT2D eigenvalue weighted by Crippen LogP contribution is -2.44. The van der Waals surface area contributed by atoms with Gasteiger partial charge < -0.3 is 14.4 Å². The molecule has 8 heteroatoms. The molecule has 3 rings (SSSR count). The van der Waals surface area contributed by atoms with Crippen molar-refractivity contribution in [2.75, 3.05) is 19.7 Å². The normalized spacial score (nSPS) is 24.8. The lowest BCUT2D eigenvalue weighted by molar-refractivity contribution is 0.0222. The minimum Gasteiger partial charge on any atom is -0.463 e. The minimum absolute atomic E-state index is 0.238. The lowest BCUT2D eigenvalue weighted by Gasteiger charge is -2.33. The van der Waals surface area contributed by atoms with Gasteiger partial charge in [0.1, 0.15) is 12.2 Å². The Bertz CT molecular complexity index is 614. The number of carbonyl (C=O) groups is 1. The number of nitrogens with one attached hydrogen (secondary N) is 1. The fraction of sp³-hybridized carbons (Fsp3) is 0.769. The summed E-state index contributed by atoms with van der Waals surface area (Å²) in [6.07, 6.45) is 0.466. The van der Waals surface area contributed by atoms with Gasteiger partial charge in [-0.1, -0.05) is 0 Å². The van der Waals surface area contributed by atoms with Gasteiger partial charge in [-0.05, 0) is 27.2 Å². The summed E-state index contributed by atoms with van der Waals surface area (Å²) in [5.41, 5.74) is -1.03. The zero-order chi connectivity index (χ0) is 15.3. The van der Waals surface area contributed by atoms with Crippen molar-refractivity contribution >= 4 is 6.09 Å². The number of carbonyl (C=O) groups excluding carboxylic acids is 1. The van der Waals surface area contributed by atoms with E-state index in [2.05, 4.69) is 10.2 Å². The van der Waals surface area contributed by atoms with E-state index in [-0.39, 0.29) is 17.2 Å². The second-order valence-electron chi connectivity index (χ2n) is 6.84. The van der Waals surface area contributed by atoms with Crippen LogP contribution in [0.4, 0.5) is 4.79 Å². The van der Waals surface area contributed by atoms with Crippen molar-refractivity contribution in [3.63, 3.8) is 0 Å². The second kappa shape index (κ2) is 4.51. The summed E-state index contributed by atoms with van der Waals surface area (Å²) in [7, 11) is 0. The number of aromatic amines is 1. The molecule has 0 aromatic carbocycles. The highest BCUT2D eigenvalue weighted by molar-refractivity contribution is 5.68. The molecule has 1 amide bonds. The quantitative estimate of drug-likeness (QED) is 0.757. The number of rotatable bonds is 0. The first kappa shape index (κ1) is 14.0. The van der Waals surface area contributed by atoms with Crippen LogP contribution in [-0.2, 0) is 11.3 Å². The predicted molar refractivity (Wildman–Crippen MR) is 73.2 cm³/mol. The number of amides is 1. The molecule has 2 aliphatic rings. The van der Waals surface area contributed by atoms with Gasteiger partial charge in [0.25, 0.3) is 0 Å². The van der Waals surface area contributed by atoms with Gasteiger partial charge in [-0.3, -0.25) is 0 Å². The SMILES string of the molecule is CC(C)(C)OC(=O)N1CCC2(COc3n[nH]c(=O)n3C2)C1. The third-order valence-electron chi connectivity index (χ3n) is 3.81. The Hall–Kier alpha value is -1.99. The van der Waals surface area contributed by atoms with Crippen molar-refractivity contribution in [3.8, 4) is 6.01 Å². The summed E-state index contributed by atoms with van der Waals surface area (Å²) in [6, 6.07) is 0.321. The first-order valence-corrected chi connectivity index (χ1v) is 7.04. The highest BCUT2D eigenvalue weighted by Gasteiger charge is 2.45. The average Bonchev–Trinajstić information content (AvgIpc) is 2.94. The van der Waals surface area contributed by atoms with Gasteiger partial charge in [0.05, 0.1) is 0 Å². The van der Waals surface area contributed by atoms with Gasteiger partial charge in [0, 0.05) is 25.0 Å². The van der Waals surface area contributed by atoms with Crippen molar-refractivity contribution in [3.05, 3.63) is 10.5 Å². The number of fused-ring (bicyclic) bond motifs is 1. The van der Waals surface area contributed by atoms with Crippen LogP contribution < -0.4 is 10.4 Å². The monoisotopic (exact) mass is 296 g/mol. The first-order valence-electron chi connectivity index (χ1n) is 7.04. The first-order chi connectivity index (χ1) is 9.78. The van der Waals surface area contributed by atoms with Gasteiger partial charge in [-0.15, -0.1) is 5.10 Å². The Morgan fingerprint density at radius 3 is 2.90 bits per heavy atom. The molecule has 2 aliphatic heterocycles. The van der Waals surface area contributed by atoms with Crippen LogP contribution in [0.5, 0.6) is 6.01 Å². The minimum atomic E-state index is -0.509. The molecule has 1 atom stereocenters. The second-order valence-corrected chi connectivity index (χ2v) is 6.84. The molecule has 1 aromatic rings. The van der Waals surface area contributed by atoms with Crippen molar-refractivity contribution in [1.82, 2.24) is 19.7 Å². The molecule has 1 N–H and O–H groups in total. The van der Waals surface area contributed by atoms with E-state index in [1.165, 1.54) is 4.57 Å². The summed E-state index contributed by atoms with van der Waals surface area (Å²) in [5, 5.41) is 6.19. The van der Waals surface area contributed by atoms with Crippen LogP contribution in [0.15, 0.2) is 4.79 Å². The third-order valence-corrected chi connectivity index (χ3v) is 3.81. The van der Waals surface area contributed by atoms with Crippen molar-refractivity contribution in [1.29, 1.82) is 0 Å². The Morgan fingerprint density at radius 2 is 2.19 bits per heavy atom. The molecule has 0 aliphatic carbocycles. The maximum Gasteiger partial charge on any atom is 0.410 e. The summed E-state index contributed by atoms with van der Waals surface area (Å²) in [6.45, 7) is 7.64. The van der Waals surface area contributed by atoms with Crippen molar-refractivity contribution in [2.45, 2.75) is 39.3 Å². The Balaban J connectivity index is 1.71. The van der Waals surface area contributed by atoms with Gasteiger partial charge in [0.15, 0.2) is 0 Å². The third kappa shape index (κ3) is 2.62. The molecular weight excluding hydrogens is 276 g/mol. The highest BCUT2D eigenvalue weighted by Crippen LogP contribution is 2.36. The van der Waals surface area contributed by atoms with Crippen LogP contribution in [0.2, 0.25) is 0 Å². The fourth-order valence-electron chi connectivity index (χ4n) is 2.82. The van der Waals surface area contributed by atoms with E-state index in [0.29, 0.717) is 32.3 Å². The van der Waals surface area contributed by atoms with E-state index in [4.69, 9.17) is 9.47 Å². The van der Waals surface area contributed by atoms with E-state index in [1.807, 2.05) is 20.8 Å². The molecule has 0 bridgehead atoms. The molecule has 21 heavy (non-hydrogen) atoms. The zero-order valence-corrected chi connectivity index (χ0v) is 12.5. The zero-order valence-electron chi connectivity index (χ0n) is 12.5. The van der Waals surface area contributed by atoms with Gasteiger partial charge in [0.2, 0.25) is 0 Å². The molecule has 1 saturated heterocycles. The molecule has 8 nitrogen and oxygen atoms in total. The number of H-pyrrole nitrogens is 1. The largest absolute Gasteiger partial charge is 0.463 e. The standard InChI is InChI=1S/C13H20N4O4/c1-12(2,3)21-11(19)16-5-4-13(6-16)7-17-9(18)14-15-10(17)20-8-13/h4-8H2,1-3H3,(H,14,18). The number of ether oxygens (including phenoxy) is 2. The highest BCUT2D eigenvalue weighted by atomic mass is 16.6. The number of hydrogen-bond donors (Lipinski definition) is 1. The maximum atomic E-state index is 12.1. The van der Waals surface area contributed by atoms with E-state index >= 15 is 0 Å². The van der Waals surface area contributed by atoms with Gasteiger partial charge >= 0.3 is 17.8 Å². The Morgan fingerprint density at radius 1 is 1.43 bits per heavy atom. The molecule has 0 radical (unpaired) electrons. The van der Waals surface area contributed by atoms with E-state index < -0.39 is 5.60 Å². The average molecular weight is 296 g/mol. The van der Waals surface area contributed by atoms with E-state index in [1.54, 1.807) is 4.90 Å². The molecule has 1 spiro atoms. The number of likely N-dealkylation sites (tertiary alicyclic amines) is 1. The Kier molecular flexibility index (Phi) is 3.00. The fourth-order valence-corrected chi connectivity index (χ4v) is 2.82. The van der Waals surface area contributed by atoms with Crippen molar-refractivity contribution in [2.24, 2.45) is 5.41 Å². The van der Waals surface area contributed by atoms with Crippen LogP contribution in [-0.4, -0.2) is 51.1 Å². The smallest absolute Gasteiger partial charge is 0.410 e. The van der Waals surface area contributed by atoms with Gasteiger partial charge in [-0.25, -0.2) is 19.3 Å². The van der Waals surface area contributed by atoms with Crippen molar-refractivity contribution < 1.29 is 14.3 Å². The van der Waals surface area contributed by atoms with Crippen LogP contribution in [0.25, 0.3) is 0 Å². The number of aromatic nitrogens is 3. The molecule has 1 unspecified atom stereocenters. The van der Waals surface area contributed by atoms with Crippen LogP contribution >= 0.6 is 0 Å². The van der Waals surface area contributed by atoms with Crippen LogP contribution in [0, 0.1) is 5.41 Å². The topological polar surface area (TPSA) is 89.4 Å². The van der Waals surface area contributed by atoms with Crippen LogP contribution in [0.1, 0.15) is 27.2 Å². The molecule has 0 saturated carbocycles. The molecule has 1 fully saturated rings. The molecular formula is C13H20N4O4. The molecule has 3 heterocycles. The van der Waals surface area contributed by atoms with E-state index in [9.17, 15) is 9.59 Å². The molecule has 116 valence electrons. The molecule has 1 aromatic heterocycles. The van der Waals surface area contributed by atoms with Gasteiger partial charge in [-0.2, -0.15) is 0 Å². The lowest BCUT2D eigenvalue weighted by atomic mass is 9.87. The van der Waals surface area contributed by atoms with E-state index in [0.717, 1.165) is 6.42 Å². The summed E-state index contributed by atoms with van der Waals surface area (Å²) in [5.74, 6) is 0. The summed E-state index contributed by atoms with van der Waals surface area (Å²) >= 11 is 0. The number of nitrogens with zero attached hydrogens (tertiary/aromatic N) is 3. The predicted octanol–water partition coefficient (Wildman–Crippen LogP) is 0.591. The maximum absolute atomic E-state index is 12.1. The number of hydrogen-bond acceptors (Lipinski definition) is 5. The summed E-state index contributed by atoms with van der Waals surface area (Å²) < 4.78 is 12.4. The summed E-state index contributed by atoms with van der Waals surface area (Å²) in [4.78, 5) is 25.5. The van der Waals surface area contributed by atoms with Crippen LogP contribution in [0.3, 0.4) is 0 Å². The Labute approximate surface area is 122 Å².